The van der Waals surface area contributed by atoms with Crippen LogP contribution in [0, 0.1) is 0 Å². The third-order valence-electron chi connectivity index (χ3n) is 3.44. The summed E-state index contributed by atoms with van der Waals surface area (Å²) in [5.41, 5.74) is 1.53. The zero-order chi connectivity index (χ0) is 15.5. The summed E-state index contributed by atoms with van der Waals surface area (Å²) in [6.45, 7) is 0. The zero-order valence-corrected chi connectivity index (χ0v) is 13.1. The van der Waals surface area contributed by atoms with Crippen molar-refractivity contribution in [1.82, 2.24) is 0 Å². The zero-order valence-electron chi connectivity index (χ0n) is 11.6. The van der Waals surface area contributed by atoms with E-state index in [0.29, 0.717) is 15.6 Å². The first-order valence-electron chi connectivity index (χ1n) is 6.80. The van der Waals surface area contributed by atoms with Gasteiger partial charge < -0.3 is 0 Å². The molecular formula is C19H12Cl2O. The van der Waals surface area contributed by atoms with Gasteiger partial charge in [0.2, 0.25) is 0 Å². The molecule has 0 atom stereocenters. The van der Waals surface area contributed by atoms with Crippen LogP contribution in [0.5, 0.6) is 0 Å². The summed E-state index contributed by atoms with van der Waals surface area (Å²) in [6.07, 6.45) is 3.38. The highest BCUT2D eigenvalue weighted by Crippen LogP contribution is 2.23. The van der Waals surface area contributed by atoms with E-state index < -0.39 is 0 Å². The average molecular weight is 327 g/mol. The van der Waals surface area contributed by atoms with E-state index in [1.54, 1.807) is 24.3 Å². The number of ketones is 1. The fourth-order valence-corrected chi connectivity index (χ4v) is 2.60. The summed E-state index contributed by atoms with van der Waals surface area (Å²) < 4.78 is 0. The Morgan fingerprint density at radius 2 is 1.64 bits per heavy atom. The first kappa shape index (κ1) is 14.8. The van der Waals surface area contributed by atoms with Crippen LogP contribution >= 0.6 is 23.2 Å². The molecule has 22 heavy (non-hydrogen) atoms. The van der Waals surface area contributed by atoms with Crippen LogP contribution in [0.3, 0.4) is 0 Å². The van der Waals surface area contributed by atoms with Crippen LogP contribution < -0.4 is 0 Å². The van der Waals surface area contributed by atoms with Crippen LogP contribution in [0.2, 0.25) is 10.0 Å². The van der Waals surface area contributed by atoms with Gasteiger partial charge in [0.1, 0.15) is 0 Å². The minimum Gasteiger partial charge on any atom is -0.289 e. The second-order valence-electron chi connectivity index (χ2n) is 4.89. The Balaban J connectivity index is 1.92. The van der Waals surface area contributed by atoms with Crippen LogP contribution in [0.1, 0.15) is 15.9 Å². The molecule has 3 heteroatoms. The van der Waals surface area contributed by atoms with Crippen molar-refractivity contribution >= 4 is 45.8 Å². The van der Waals surface area contributed by atoms with Gasteiger partial charge in [-0.2, -0.15) is 0 Å². The Kier molecular flexibility index (Phi) is 4.28. The van der Waals surface area contributed by atoms with Gasteiger partial charge >= 0.3 is 0 Å². The first-order chi connectivity index (χ1) is 10.6. The standard InChI is InChI=1S/C19H12Cl2O/c20-17-10-8-15(12-18(17)21)19(22)11-9-14-6-3-5-13-4-1-2-7-16(13)14/h1-12H/b11-9+. The van der Waals surface area contributed by atoms with Gasteiger partial charge in [-0.1, -0.05) is 71.7 Å². The average Bonchev–Trinajstić information content (AvgIpc) is 2.55. The van der Waals surface area contributed by atoms with E-state index in [0.717, 1.165) is 16.3 Å². The smallest absolute Gasteiger partial charge is 0.185 e. The van der Waals surface area contributed by atoms with Crippen LogP contribution in [0.4, 0.5) is 0 Å². The van der Waals surface area contributed by atoms with Crippen LogP contribution in [0.25, 0.3) is 16.8 Å². The molecule has 0 amide bonds. The highest BCUT2D eigenvalue weighted by molar-refractivity contribution is 6.42. The Labute approximate surface area is 138 Å². The van der Waals surface area contributed by atoms with E-state index in [-0.39, 0.29) is 5.78 Å². The van der Waals surface area contributed by atoms with Gasteiger partial charge in [-0.3, -0.25) is 4.79 Å². The van der Waals surface area contributed by atoms with Crippen molar-refractivity contribution in [3.63, 3.8) is 0 Å². The Morgan fingerprint density at radius 3 is 2.45 bits per heavy atom. The summed E-state index contributed by atoms with van der Waals surface area (Å²) >= 11 is 11.8. The quantitative estimate of drug-likeness (QED) is 0.423. The molecule has 0 saturated heterocycles. The normalized spacial score (nSPS) is 11.2. The van der Waals surface area contributed by atoms with E-state index in [1.165, 1.54) is 0 Å². The molecule has 0 heterocycles. The summed E-state index contributed by atoms with van der Waals surface area (Å²) in [6, 6.07) is 19.0. The summed E-state index contributed by atoms with van der Waals surface area (Å²) in [5.74, 6) is -0.105. The molecule has 0 aliphatic heterocycles. The number of allylic oxidation sites excluding steroid dienone is 1. The molecule has 3 rings (SSSR count). The Morgan fingerprint density at radius 1 is 0.864 bits per heavy atom. The summed E-state index contributed by atoms with van der Waals surface area (Å²) in [4.78, 5) is 12.2. The van der Waals surface area contributed by atoms with Crippen LogP contribution in [0.15, 0.2) is 66.7 Å². The van der Waals surface area contributed by atoms with Crippen molar-refractivity contribution in [2.75, 3.05) is 0 Å². The number of halogens is 2. The van der Waals surface area contributed by atoms with Crippen molar-refractivity contribution in [2.45, 2.75) is 0 Å². The first-order valence-corrected chi connectivity index (χ1v) is 7.56. The van der Waals surface area contributed by atoms with Gasteiger partial charge in [0.15, 0.2) is 5.78 Å². The van der Waals surface area contributed by atoms with Gasteiger partial charge in [-0.05, 0) is 40.6 Å². The fraction of sp³-hybridized carbons (Fsp3) is 0. The minimum atomic E-state index is -0.105. The third-order valence-corrected chi connectivity index (χ3v) is 4.18. The number of carbonyl (C=O) groups excluding carboxylic acids is 1. The second kappa shape index (κ2) is 6.35. The lowest BCUT2D eigenvalue weighted by Crippen LogP contribution is -1.94. The predicted octanol–water partition coefficient (Wildman–Crippen LogP) is 6.04. The Hall–Kier alpha value is -2.09. The maximum Gasteiger partial charge on any atom is 0.185 e. The molecule has 0 aromatic heterocycles. The molecule has 3 aromatic carbocycles. The predicted molar refractivity (Wildman–Crippen MR) is 93.8 cm³/mol. The molecule has 108 valence electrons. The van der Waals surface area contributed by atoms with E-state index in [4.69, 9.17) is 23.2 Å². The maximum absolute atomic E-state index is 12.2. The van der Waals surface area contributed by atoms with E-state index in [9.17, 15) is 4.79 Å². The lowest BCUT2D eigenvalue weighted by atomic mass is 10.0. The topological polar surface area (TPSA) is 17.1 Å². The fourth-order valence-electron chi connectivity index (χ4n) is 2.31. The number of hydrogen-bond donors (Lipinski definition) is 0. The maximum atomic E-state index is 12.2. The Bertz CT molecular complexity index is 876. The highest BCUT2D eigenvalue weighted by Gasteiger charge is 2.05. The number of carbonyl (C=O) groups is 1. The molecule has 0 aliphatic carbocycles. The molecule has 0 unspecified atom stereocenters. The van der Waals surface area contributed by atoms with Gasteiger partial charge in [0.25, 0.3) is 0 Å². The number of hydrogen-bond acceptors (Lipinski definition) is 1. The van der Waals surface area contributed by atoms with Gasteiger partial charge in [0, 0.05) is 5.56 Å². The summed E-state index contributed by atoms with van der Waals surface area (Å²) in [7, 11) is 0. The lowest BCUT2D eigenvalue weighted by Gasteiger charge is -2.02. The SMILES string of the molecule is O=C(/C=C/c1cccc2ccccc12)c1ccc(Cl)c(Cl)c1. The van der Waals surface area contributed by atoms with Crippen LogP contribution in [-0.2, 0) is 0 Å². The van der Waals surface area contributed by atoms with E-state index in [1.807, 2.05) is 48.5 Å². The second-order valence-corrected chi connectivity index (χ2v) is 5.71. The lowest BCUT2D eigenvalue weighted by molar-refractivity contribution is 0.104. The summed E-state index contributed by atoms with van der Waals surface area (Å²) in [5, 5.41) is 3.08. The van der Waals surface area contributed by atoms with Gasteiger partial charge in [0.05, 0.1) is 10.0 Å². The molecule has 0 N–H and O–H groups in total. The minimum absolute atomic E-state index is 0.105. The molecule has 3 aromatic rings. The van der Waals surface area contributed by atoms with Crippen molar-refractivity contribution < 1.29 is 4.79 Å². The third kappa shape index (κ3) is 3.06. The molecule has 0 aliphatic rings. The van der Waals surface area contributed by atoms with Crippen molar-refractivity contribution in [2.24, 2.45) is 0 Å². The van der Waals surface area contributed by atoms with Crippen molar-refractivity contribution in [3.05, 3.63) is 87.9 Å². The molecule has 0 radical (unpaired) electrons. The van der Waals surface area contributed by atoms with E-state index >= 15 is 0 Å². The van der Waals surface area contributed by atoms with Gasteiger partial charge in [-0.15, -0.1) is 0 Å². The monoisotopic (exact) mass is 326 g/mol. The number of rotatable bonds is 3. The molecule has 1 nitrogen and oxygen atoms in total. The number of fused-ring (bicyclic) bond motifs is 1. The van der Waals surface area contributed by atoms with Crippen LogP contribution in [-0.4, -0.2) is 5.78 Å². The van der Waals surface area contributed by atoms with Crippen molar-refractivity contribution in [3.8, 4) is 0 Å². The molecule has 0 saturated carbocycles. The molecule has 0 bridgehead atoms. The van der Waals surface area contributed by atoms with E-state index in [2.05, 4.69) is 0 Å². The molecular weight excluding hydrogens is 315 g/mol. The highest BCUT2D eigenvalue weighted by atomic mass is 35.5. The molecule has 0 fully saturated rings. The van der Waals surface area contributed by atoms with Crippen molar-refractivity contribution in [1.29, 1.82) is 0 Å². The largest absolute Gasteiger partial charge is 0.289 e. The van der Waals surface area contributed by atoms with Gasteiger partial charge in [-0.25, -0.2) is 0 Å². The number of benzene rings is 3. The molecule has 0 spiro atoms.